The number of carbonyl (C=O) groups excluding carboxylic acids is 1. The Hall–Kier alpha value is -1.07. The van der Waals surface area contributed by atoms with Crippen molar-refractivity contribution in [3.8, 4) is 0 Å². The molecule has 0 bridgehead atoms. The van der Waals surface area contributed by atoms with E-state index in [0.29, 0.717) is 17.3 Å². The van der Waals surface area contributed by atoms with Crippen molar-refractivity contribution >= 4 is 27.5 Å². The fourth-order valence-electron chi connectivity index (χ4n) is 2.22. The molecule has 1 aliphatic heterocycles. The summed E-state index contributed by atoms with van der Waals surface area (Å²) in [5.41, 5.74) is 7.00. The van der Waals surface area contributed by atoms with E-state index in [1.54, 1.807) is 12.1 Å². The molecule has 2 rings (SSSR count). The maximum atomic E-state index is 12.4. The van der Waals surface area contributed by atoms with E-state index >= 15 is 0 Å². The minimum atomic E-state index is 0.0542. The average molecular weight is 312 g/mol. The molecule has 1 saturated heterocycles. The topological polar surface area (TPSA) is 49.6 Å². The van der Waals surface area contributed by atoms with Crippen LogP contribution < -0.4 is 5.73 Å². The van der Waals surface area contributed by atoms with Gasteiger partial charge in [0.1, 0.15) is 0 Å². The van der Waals surface area contributed by atoms with Crippen molar-refractivity contribution in [1.29, 1.82) is 0 Å². The first-order valence-corrected chi connectivity index (χ1v) is 6.79. The van der Waals surface area contributed by atoms with Gasteiger partial charge in [0, 0.05) is 29.3 Å². The van der Waals surface area contributed by atoms with Crippen LogP contribution in [0, 0.1) is 0 Å². The highest BCUT2D eigenvalue weighted by Crippen LogP contribution is 2.23. The summed E-state index contributed by atoms with van der Waals surface area (Å²) in [7, 11) is 4.10. The first-order chi connectivity index (χ1) is 8.49. The van der Waals surface area contributed by atoms with Gasteiger partial charge in [0.15, 0.2) is 0 Å². The van der Waals surface area contributed by atoms with Crippen molar-refractivity contribution in [2.24, 2.45) is 0 Å². The molecule has 0 aromatic heterocycles. The second-order valence-corrected chi connectivity index (χ2v) is 5.75. The monoisotopic (exact) mass is 311 g/mol. The molecule has 1 atom stereocenters. The Balaban J connectivity index is 2.15. The molecule has 98 valence electrons. The van der Waals surface area contributed by atoms with Crippen molar-refractivity contribution in [3.05, 3.63) is 28.2 Å². The molecule has 1 aromatic rings. The summed E-state index contributed by atoms with van der Waals surface area (Å²) in [4.78, 5) is 16.5. The van der Waals surface area contributed by atoms with E-state index in [-0.39, 0.29) is 5.91 Å². The van der Waals surface area contributed by atoms with Gasteiger partial charge in [-0.1, -0.05) is 0 Å². The maximum Gasteiger partial charge on any atom is 0.255 e. The zero-order chi connectivity index (χ0) is 13.3. The number of nitrogens with zero attached hydrogens (tertiary/aromatic N) is 2. The van der Waals surface area contributed by atoms with Gasteiger partial charge in [-0.25, -0.2) is 0 Å². The van der Waals surface area contributed by atoms with Gasteiger partial charge in [-0.15, -0.1) is 0 Å². The number of rotatable bonds is 2. The Morgan fingerprint density at radius 2 is 2.22 bits per heavy atom. The predicted octanol–water partition coefficient (Wildman–Crippen LogP) is 1.81. The molecule has 0 aliphatic carbocycles. The van der Waals surface area contributed by atoms with Gasteiger partial charge < -0.3 is 15.5 Å². The number of likely N-dealkylation sites (N-methyl/N-ethyl adjacent to an activating group) is 1. The van der Waals surface area contributed by atoms with E-state index in [1.165, 1.54) is 0 Å². The molecule has 1 amide bonds. The molecule has 1 aliphatic rings. The highest BCUT2D eigenvalue weighted by atomic mass is 79.9. The Kier molecular flexibility index (Phi) is 3.92. The molecule has 1 fully saturated rings. The minimum Gasteiger partial charge on any atom is -0.399 e. The fourth-order valence-corrected chi connectivity index (χ4v) is 2.64. The summed E-state index contributed by atoms with van der Waals surface area (Å²) in [6.07, 6.45) is 1.03. The van der Waals surface area contributed by atoms with E-state index in [0.717, 1.165) is 24.0 Å². The lowest BCUT2D eigenvalue weighted by Gasteiger charge is -2.21. The summed E-state index contributed by atoms with van der Waals surface area (Å²) in [5.74, 6) is 0.0542. The fraction of sp³-hybridized carbons (Fsp3) is 0.462. The third-order valence-corrected chi connectivity index (χ3v) is 4.09. The van der Waals surface area contributed by atoms with Crippen molar-refractivity contribution in [3.63, 3.8) is 0 Å². The molecular weight excluding hydrogens is 294 g/mol. The molecule has 0 radical (unpaired) electrons. The first kappa shape index (κ1) is 13.4. The molecule has 18 heavy (non-hydrogen) atoms. The van der Waals surface area contributed by atoms with Crippen molar-refractivity contribution in [2.75, 3.05) is 32.9 Å². The summed E-state index contributed by atoms with van der Waals surface area (Å²) >= 11 is 3.41. The van der Waals surface area contributed by atoms with Crippen LogP contribution in [0.3, 0.4) is 0 Å². The van der Waals surface area contributed by atoms with Gasteiger partial charge in [0.05, 0.1) is 5.56 Å². The number of hydrogen-bond acceptors (Lipinski definition) is 3. The smallest absolute Gasteiger partial charge is 0.255 e. The molecule has 4 nitrogen and oxygen atoms in total. The average Bonchev–Trinajstić information content (AvgIpc) is 2.81. The van der Waals surface area contributed by atoms with Crippen LogP contribution in [0.1, 0.15) is 16.8 Å². The van der Waals surface area contributed by atoms with Gasteiger partial charge in [-0.05, 0) is 54.6 Å². The number of nitrogens with two attached hydrogens (primary N) is 1. The lowest BCUT2D eigenvalue weighted by molar-refractivity contribution is 0.0782. The number of hydrogen-bond donors (Lipinski definition) is 1. The summed E-state index contributed by atoms with van der Waals surface area (Å²) in [5, 5.41) is 0. The van der Waals surface area contributed by atoms with E-state index in [2.05, 4.69) is 34.9 Å². The predicted molar refractivity (Wildman–Crippen MR) is 76.5 cm³/mol. The Morgan fingerprint density at radius 1 is 1.50 bits per heavy atom. The highest BCUT2D eigenvalue weighted by Gasteiger charge is 2.28. The van der Waals surface area contributed by atoms with Crippen LogP contribution in [-0.4, -0.2) is 48.9 Å². The van der Waals surface area contributed by atoms with Gasteiger partial charge in [-0.2, -0.15) is 0 Å². The molecule has 1 unspecified atom stereocenters. The van der Waals surface area contributed by atoms with Gasteiger partial charge in [0.25, 0.3) is 5.91 Å². The highest BCUT2D eigenvalue weighted by molar-refractivity contribution is 9.10. The normalized spacial score (nSPS) is 19.6. The van der Waals surface area contributed by atoms with Gasteiger partial charge in [-0.3, -0.25) is 4.79 Å². The second kappa shape index (κ2) is 5.28. The Labute approximate surface area is 116 Å². The van der Waals surface area contributed by atoms with Crippen LogP contribution in [0.25, 0.3) is 0 Å². The van der Waals surface area contributed by atoms with Crippen LogP contribution in [0.4, 0.5) is 5.69 Å². The van der Waals surface area contributed by atoms with Crippen LogP contribution in [0.5, 0.6) is 0 Å². The number of amides is 1. The second-order valence-electron chi connectivity index (χ2n) is 4.90. The van der Waals surface area contributed by atoms with E-state index < -0.39 is 0 Å². The van der Waals surface area contributed by atoms with Crippen molar-refractivity contribution in [2.45, 2.75) is 12.5 Å². The molecule has 0 spiro atoms. The van der Waals surface area contributed by atoms with Gasteiger partial charge in [0.2, 0.25) is 0 Å². The molecule has 5 heteroatoms. The third kappa shape index (κ3) is 2.67. The molecule has 2 N–H and O–H groups in total. The molecule has 1 heterocycles. The number of benzene rings is 1. The summed E-state index contributed by atoms with van der Waals surface area (Å²) < 4.78 is 0.801. The Bertz CT molecular complexity index is 462. The van der Waals surface area contributed by atoms with Crippen LogP contribution in [-0.2, 0) is 0 Å². The van der Waals surface area contributed by atoms with E-state index in [1.807, 2.05) is 11.0 Å². The quantitative estimate of drug-likeness (QED) is 0.847. The lowest BCUT2D eigenvalue weighted by atomic mass is 10.2. The van der Waals surface area contributed by atoms with Crippen LogP contribution in [0.15, 0.2) is 22.7 Å². The Morgan fingerprint density at radius 3 is 2.83 bits per heavy atom. The zero-order valence-electron chi connectivity index (χ0n) is 10.7. The van der Waals surface area contributed by atoms with E-state index in [4.69, 9.17) is 5.73 Å². The number of halogens is 1. The van der Waals surface area contributed by atoms with Crippen LogP contribution >= 0.6 is 15.9 Å². The minimum absolute atomic E-state index is 0.0542. The summed E-state index contributed by atoms with van der Waals surface area (Å²) in [6, 6.07) is 5.79. The number of anilines is 1. The van der Waals surface area contributed by atoms with Crippen molar-refractivity contribution < 1.29 is 4.79 Å². The SMILES string of the molecule is CN(C)C1CCN(C(=O)c2cc(N)ccc2Br)C1. The molecule has 0 saturated carbocycles. The molecule has 1 aromatic carbocycles. The van der Waals surface area contributed by atoms with Gasteiger partial charge >= 0.3 is 0 Å². The number of nitrogen functional groups attached to an aromatic ring is 1. The van der Waals surface area contributed by atoms with E-state index in [9.17, 15) is 4.79 Å². The summed E-state index contributed by atoms with van der Waals surface area (Å²) in [6.45, 7) is 1.59. The largest absolute Gasteiger partial charge is 0.399 e. The zero-order valence-corrected chi connectivity index (χ0v) is 12.3. The number of carbonyl (C=O) groups is 1. The molecular formula is C13H18BrN3O. The maximum absolute atomic E-state index is 12.4. The lowest BCUT2D eigenvalue weighted by Crippen LogP contribution is -2.34. The standard InChI is InChI=1S/C13H18BrN3O/c1-16(2)10-5-6-17(8-10)13(18)11-7-9(15)3-4-12(11)14/h3-4,7,10H,5-6,8,15H2,1-2H3. The number of likely N-dealkylation sites (tertiary alicyclic amines) is 1. The van der Waals surface area contributed by atoms with Crippen LogP contribution in [0.2, 0.25) is 0 Å². The first-order valence-electron chi connectivity index (χ1n) is 6.00. The third-order valence-electron chi connectivity index (χ3n) is 3.40. The van der Waals surface area contributed by atoms with Crippen molar-refractivity contribution in [1.82, 2.24) is 9.80 Å².